The third-order valence-corrected chi connectivity index (χ3v) is 5.49. The standard InChI is InChI=1S/C16H25N3O/c1-11-15(9-17-19(11)3)10-18(2)16(20)8-14-7-12-4-5-13(14)6-12/h9,12-14H,4-8,10H2,1-3H3. The molecule has 0 aliphatic heterocycles. The van der Waals surface area contributed by atoms with Crippen LogP contribution in [0.15, 0.2) is 6.20 Å². The van der Waals surface area contributed by atoms with Crippen molar-refractivity contribution in [3.8, 4) is 0 Å². The van der Waals surface area contributed by atoms with E-state index in [0.29, 0.717) is 18.4 Å². The third-order valence-electron chi connectivity index (χ3n) is 5.49. The maximum Gasteiger partial charge on any atom is 0.222 e. The number of carbonyl (C=O) groups excluding carboxylic acids is 1. The quantitative estimate of drug-likeness (QED) is 0.847. The van der Waals surface area contributed by atoms with Crippen molar-refractivity contribution in [1.29, 1.82) is 0 Å². The van der Waals surface area contributed by atoms with Crippen LogP contribution in [0.2, 0.25) is 0 Å². The molecule has 2 saturated carbocycles. The lowest BCUT2D eigenvalue weighted by Crippen LogP contribution is -2.29. The van der Waals surface area contributed by atoms with Crippen LogP contribution in [0, 0.1) is 24.7 Å². The highest BCUT2D eigenvalue weighted by molar-refractivity contribution is 5.76. The fourth-order valence-electron chi connectivity index (χ4n) is 4.05. The molecule has 4 heteroatoms. The van der Waals surface area contributed by atoms with E-state index in [9.17, 15) is 4.79 Å². The van der Waals surface area contributed by atoms with E-state index >= 15 is 0 Å². The maximum absolute atomic E-state index is 12.4. The summed E-state index contributed by atoms with van der Waals surface area (Å²) in [5, 5.41) is 4.24. The summed E-state index contributed by atoms with van der Waals surface area (Å²) in [4.78, 5) is 14.3. The molecule has 1 amide bonds. The predicted molar refractivity (Wildman–Crippen MR) is 78.0 cm³/mol. The molecule has 0 radical (unpaired) electrons. The lowest BCUT2D eigenvalue weighted by Gasteiger charge is -2.24. The Morgan fingerprint density at radius 2 is 2.25 bits per heavy atom. The highest BCUT2D eigenvalue weighted by atomic mass is 16.2. The SMILES string of the molecule is Cc1c(CN(C)C(=O)CC2CC3CCC2C3)cnn1C. The molecule has 0 saturated heterocycles. The predicted octanol–water partition coefficient (Wildman–Crippen LogP) is 2.51. The fourth-order valence-corrected chi connectivity index (χ4v) is 4.05. The van der Waals surface area contributed by atoms with Crippen LogP contribution in [0.1, 0.15) is 43.4 Å². The van der Waals surface area contributed by atoms with E-state index in [1.54, 1.807) is 0 Å². The van der Waals surface area contributed by atoms with Gasteiger partial charge < -0.3 is 4.90 Å². The topological polar surface area (TPSA) is 38.1 Å². The fraction of sp³-hybridized carbons (Fsp3) is 0.750. The zero-order valence-electron chi connectivity index (χ0n) is 12.8. The molecule has 2 aliphatic rings. The molecule has 2 bridgehead atoms. The van der Waals surface area contributed by atoms with Gasteiger partial charge in [0.15, 0.2) is 0 Å². The van der Waals surface area contributed by atoms with Gasteiger partial charge in [-0.1, -0.05) is 6.42 Å². The maximum atomic E-state index is 12.4. The second-order valence-corrected chi connectivity index (χ2v) is 6.77. The Balaban J connectivity index is 1.56. The van der Waals surface area contributed by atoms with E-state index in [0.717, 1.165) is 29.5 Å². The van der Waals surface area contributed by atoms with Gasteiger partial charge in [0.05, 0.1) is 6.20 Å². The number of amides is 1. The normalized spacial score (nSPS) is 28.1. The Labute approximate surface area is 121 Å². The van der Waals surface area contributed by atoms with Crippen molar-refractivity contribution in [2.45, 2.75) is 45.6 Å². The molecular weight excluding hydrogens is 250 g/mol. The summed E-state index contributed by atoms with van der Waals surface area (Å²) in [5.41, 5.74) is 2.29. The lowest BCUT2D eigenvalue weighted by molar-refractivity contribution is -0.131. The second-order valence-electron chi connectivity index (χ2n) is 6.77. The van der Waals surface area contributed by atoms with Gasteiger partial charge in [-0.05, 0) is 43.9 Å². The summed E-state index contributed by atoms with van der Waals surface area (Å²) in [6.45, 7) is 2.73. The van der Waals surface area contributed by atoms with E-state index < -0.39 is 0 Å². The molecular formula is C16H25N3O. The molecule has 4 nitrogen and oxygen atoms in total. The van der Waals surface area contributed by atoms with Crippen molar-refractivity contribution in [3.63, 3.8) is 0 Å². The molecule has 2 fully saturated rings. The Morgan fingerprint density at radius 1 is 1.45 bits per heavy atom. The minimum atomic E-state index is 0.297. The van der Waals surface area contributed by atoms with Crippen molar-refractivity contribution in [2.24, 2.45) is 24.8 Å². The average molecular weight is 275 g/mol. The summed E-state index contributed by atoms with van der Waals surface area (Å²) >= 11 is 0. The van der Waals surface area contributed by atoms with Gasteiger partial charge in [-0.15, -0.1) is 0 Å². The van der Waals surface area contributed by atoms with Crippen LogP contribution >= 0.6 is 0 Å². The number of aromatic nitrogens is 2. The Hall–Kier alpha value is -1.32. The van der Waals surface area contributed by atoms with Crippen LogP contribution in [-0.2, 0) is 18.4 Å². The first-order chi connectivity index (χ1) is 9.54. The van der Waals surface area contributed by atoms with E-state index in [-0.39, 0.29) is 0 Å². The molecule has 0 N–H and O–H groups in total. The molecule has 2 aliphatic carbocycles. The summed E-state index contributed by atoms with van der Waals surface area (Å²) in [6, 6.07) is 0. The molecule has 3 rings (SSSR count). The number of hydrogen-bond donors (Lipinski definition) is 0. The van der Waals surface area contributed by atoms with E-state index in [4.69, 9.17) is 0 Å². The molecule has 1 aromatic heterocycles. The zero-order valence-corrected chi connectivity index (χ0v) is 12.8. The number of carbonyl (C=O) groups is 1. The van der Waals surface area contributed by atoms with Gasteiger partial charge in [0, 0.05) is 38.3 Å². The lowest BCUT2D eigenvalue weighted by atomic mass is 9.86. The minimum absolute atomic E-state index is 0.297. The summed E-state index contributed by atoms with van der Waals surface area (Å²) < 4.78 is 1.86. The molecule has 20 heavy (non-hydrogen) atoms. The first-order valence-electron chi connectivity index (χ1n) is 7.76. The van der Waals surface area contributed by atoms with Gasteiger partial charge in [-0.25, -0.2) is 0 Å². The number of fused-ring (bicyclic) bond motifs is 2. The number of hydrogen-bond acceptors (Lipinski definition) is 2. The molecule has 3 unspecified atom stereocenters. The van der Waals surface area contributed by atoms with Crippen LogP contribution in [-0.4, -0.2) is 27.6 Å². The first kappa shape index (κ1) is 13.7. The van der Waals surface area contributed by atoms with Gasteiger partial charge in [-0.2, -0.15) is 5.10 Å². The third kappa shape index (κ3) is 2.48. The van der Waals surface area contributed by atoms with Crippen LogP contribution in [0.25, 0.3) is 0 Å². The van der Waals surface area contributed by atoms with Crippen LogP contribution in [0.3, 0.4) is 0 Å². The zero-order chi connectivity index (χ0) is 14.3. The van der Waals surface area contributed by atoms with Gasteiger partial charge in [0.2, 0.25) is 5.91 Å². The van der Waals surface area contributed by atoms with Gasteiger partial charge >= 0.3 is 0 Å². The Bertz CT molecular complexity index is 508. The van der Waals surface area contributed by atoms with Crippen molar-refractivity contribution >= 4 is 5.91 Å². The van der Waals surface area contributed by atoms with Gasteiger partial charge in [-0.3, -0.25) is 9.48 Å². The van der Waals surface area contributed by atoms with Gasteiger partial charge in [0.25, 0.3) is 0 Å². The van der Waals surface area contributed by atoms with E-state index in [1.807, 2.05) is 29.9 Å². The highest BCUT2D eigenvalue weighted by Gasteiger charge is 2.40. The molecule has 110 valence electrons. The molecule has 1 aromatic rings. The number of rotatable bonds is 4. The van der Waals surface area contributed by atoms with E-state index in [2.05, 4.69) is 12.0 Å². The van der Waals surface area contributed by atoms with Gasteiger partial charge in [0.1, 0.15) is 0 Å². The summed E-state index contributed by atoms with van der Waals surface area (Å²) in [6.07, 6.45) is 8.04. The molecule has 0 spiro atoms. The summed E-state index contributed by atoms with van der Waals surface area (Å²) in [7, 11) is 3.86. The number of aryl methyl sites for hydroxylation is 1. The number of nitrogens with zero attached hydrogens (tertiary/aromatic N) is 3. The average Bonchev–Trinajstić information content (AvgIpc) is 3.10. The van der Waals surface area contributed by atoms with Crippen LogP contribution < -0.4 is 0 Å². The summed E-state index contributed by atoms with van der Waals surface area (Å²) in [5.74, 6) is 2.70. The van der Waals surface area contributed by atoms with Crippen molar-refractivity contribution in [1.82, 2.24) is 14.7 Å². The van der Waals surface area contributed by atoms with Crippen molar-refractivity contribution in [3.05, 3.63) is 17.5 Å². The monoisotopic (exact) mass is 275 g/mol. The van der Waals surface area contributed by atoms with Crippen molar-refractivity contribution < 1.29 is 4.79 Å². The molecule has 3 atom stereocenters. The minimum Gasteiger partial charge on any atom is -0.341 e. The first-order valence-corrected chi connectivity index (χ1v) is 7.76. The Morgan fingerprint density at radius 3 is 2.80 bits per heavy atom. The highest BCUT2D eigenvalue weighted by Crippen LogP contribution is 2.49. The van der Waals surface area contributed by atoms with Crippen LogP contribution in [0.4, 0.5) is 0 Å². The smallest absolute Gasteiger partial charge is 0.222 e. The second kappa shape index (κ2) is 5.23. The van der Waals surface area contributed by atoms with E-state index in [1.165, 1.54) is 25.7 Å². The van der Waals surface area contributed by atoms with Crippen LogP contribution in [0.5, 0.6) is 0 Å². The molecule has 1 heterocycles. The Kier molecular flexibility index (Phi) is 3.57. The molecule has 0 aromatic carbocycles. The van der Waals surface area contributed by atoms with Crippen molar-refractivity contribution in [2.75, 3.05) is 7.05 Å². The largest absolute Gasteiger partial charge is 0.341 e.